The molecule has 0 unspecified atom stereocenters. The summed E-state index contributed by atoms with van der Waals surface area (Å²) in [6.07, 6.45) is 1.72. The quantitative estimate of drug-likeness (QED) is 0.782. The lowest BCUT2D eigenvalue weighted by molar-refractivity contribution is -0.116. The summed E-state index contributed by atoms with van der Waals surface area (Å²) in [5.41, 5.74) is 0.817. The van der Waals surface area contributed by atoms with Gasteiger partial charge in [-0.25, -0.2) is 0 Å². The zero-order valence-electron chi connectivity index (χ0n) is 12.4. The third kappa shape index (κ3) is 3.49. The average Bonchev–Trinajstić information content (AvgIpc) is 2.92. The van der Waals surface area contributed by atoms with Crippen LogP contribution >= 0.6 is 0 Å². The number of carbonyl (C=O) groups is 1. The third-order valence-electron chi connectivity index (χ3n) is 3.40. The molecule has 112 valence electrons. The highest BCUT2D eigenvalue weighted by atomic mass is 16.5. The van der Waals surface area contributed by atoms with E-state index in [1.54, 1.807) is 6.92 Å². The van der Waals surface area contributed by atoms with Gasteiger partial charge in [-0.1, -0.05) is 35.5 Å². The van der Waals surface area contributed by atoms with Crippen LogP contribution in [0.3, 0.4) is 0 Å². The number of fused-ring (bicyclic) bond motifs is 1. The Morgan fingerprint density at radius 2 is 2.00 bits per heavy atom. The van der Waals surface area contributed by atoms with E-state index in [0.29, 0.717) is 31.0 Å². The molecule has 3 rings (SSSR count). The van der Waals surface area contributed by atoms with Gasteiger partial charge < -0.3 is 9.84 Å². The molecule has 0 bridgehead atoms. The number of benzene rings is 2. The number of aryl methyl sites for hydroxylation is 2. The highest BCUT2D eigenvalue weighted by Gasteiger charge is 2.06. The van der Waals surface area contributed by atoms with E-state index in [0.717, 1.165) is 16.5 Å². The second-order valence-electron chi connectivity index (χ2n) is 5.20. The Hall–Kier alpha value is -2.69. The van der Waals surface area contributed by atoms with Crippen molar-refractivity contribution in [3.8, 4) is 0 Å². The molecule has 0 aliphatic rings. The molecule has 0 aliphatic heterocycles. The van der Waals surface area contributed by atoms with Gasteiger partial charge in [0.15, 0.2) is 5.82 Å². The zero-order valence-corrected chi connectivity index (χ0v) is 12.4. The first kappa shape index (κ1) is 14.3. The Kier molecular flexibility index (Phi) is 4.14. The minimum absolute atomic E-state index is 0.00785. The van der Waals surface area contributed by atoms with Crippen molar-refractivity contribution in [1.82, 2.24) is 10.1 Å². The van der Waals surface area contributed by atoms with E-state index >= 15 is 0 Å². The van der Waals surface area contributed by atoms with E-state index in [-0.39, 0.29) is 5.91 Å². The number of hydrogen-bond donors (Lipinski definition) is 1. The summed E-state index contributed by atoms with van der Waals surface area (Å²) in [6.45, 7) is 1.78. The molecule has 5 heteroatoms. The van der Waals surface area contributed by atoms with Gasteiger partial charge in [-0.3, -0.25) is 4.79 Å². The number of carbonyl (C=O) groups excluding carboxylic acids is 1. The first-order chi connectivity index (χ1) is 10.7. The lowest BCUT2D eigenvalue weighted by Gasteiger charge is -2.06. The Balaban J connectivity index is 1.54. The number of hydrogen-bond acceptors (Lipinski definition) is 4. The second kappa shape index (κ2) is 6.39. The smallest absolute Gasteiger partial charge is 0.226 e. The highest BCUT2D eigenvalue weighted by Crippen LogP contribution is 2.19. The Labute approximate surface area is 128 Å². The molecule has 1 aromatic heterocycles. The van der Waals surface area contributed by atoms with E-state index in [9.17, 15) is 4.79 Å². The van der Waals surface area contributed by atoms with E-state index in [2.05, 4.69) is 15.5 Å². The molecule has 5 nitrogen and oxygen atoms in total. The largest absolute Gasteiger partial charge is 0.339 e. The van der Waals surface area contributed by atoms with Crippen LogP contribution in [-0.4, -0.2) is 16.0 Å². The zero-order chi connectivity index (χ0) is 15.4. The summed E-state index contributed by atoms with van der Waals surface area (Å²) in [5, 5.41) is 8.92. The van der Waals surface area contributed by atoms with E-state index < -0.39 is 0 Å². The number of anilines is 1. The monoisotopic (exact) mass is 295 g/mol. The average molecular weight is 295 g/mol. The maximum atomic E-state index is 12.0. The highest BCUT2D eigenvalue weighted by molar-refractivity contribution is 5.94. The fraction of sp³-hybridized carbons (Fsp3) is 0.235. The molecule has 0 radical (unpaired) electrons. The standard InChI is InChI=1S/C17H17N3O2/c1-12-18-17(22-20-12)8-4-7-16(21)19-15-10-9-13-5-2-3-6-14(13)11-15/h2-3,5-6,9-11H,4,7-8H2,1H3,(H,19,21). The molecule has 0 spiro atoms. The van der Waals surface area contributed by atoms with Gasteiger partial charge in [0.05, 0.1) is 0 Å². The molecule has 2 aromatic carbocycles. The van der Waals surface area contributed by atoms with E-state index in [1.807, 2.05) is 42.5 Å². The molecule has 1 amide bonds. The molecule has 0 aliphatic carbocycles. The number of rotatable bonds is 5. The normalized spacial score (nSPS) is 10.8. The van der Waals surface area contributed by atoms with Crippen molar-refractivity contribution in [1.29, 1.82) is 0 Å². The van der Waals surface area contributed by atoms with Crippen molar-refractivity contribution in [2.75, 3.05) is 5.32 Å². The topological polar surface area (TPSA) is 68.0 Å². The lowest BCUT2D eigenvalue weighted by Crippen LogP contribution is -2.11. The molecule has 3 aromatic rings. The van der Waals surface area contributed by atoms with Gasteiger partial charge in [0.1, 0.15) is 0 Å². The van der Waals surface area contributed by atoms with Gasteiger partial charge in [0.2, 0.25) is 11.8 Å². The van der Waals surface area contributed by atoms with Gasteiger partial charge >= 0.3 is 0 Å². The van der Waals surface area contributed by atoms with Crippen molar-refractivity contribution in [2.45, 2.75) is 26.2 Å². The summed E-state index contributed by atoms with van der Waals surface area (Å²) in [5.74, 6) is 1.19. The molecule has 22 heavy (non-hydrogen) atoms. The van der Waals surface area contributed by atoms with Crippen molar-refractivity contribution >= 4 is 22.4 Å². The maximum Gasteiger partial charge on any atom is 0.226 e. The third-order valence-corrected chi connectivity index (χ3v) is 3.40. The van der Waals surface area contributed by atoms with Gasteiger partial charge in [-0.2, -0.15) is 4.98 Å². The second-order valence-corrected chi connectivity index (χ2v) is 5.20. The molecule has 0 saturated heterocycles. The van der Waals surface area contributed by atoms with Crippen LogP contribution in [0.15, 0.2) is 47.0 Å². The first-order valence-corrected chi connectivity index (χ1v) is 7.28. The fourth-order valence-corrected chi connectivity index (χ4v) is 2.33. The molecule has 0 saturated carbocycles. The van der Waals surface area contributed by atoms with Crippen LogP contribution in [0, 0.1) is 6.92 Å². The van der Waals surface area contributed by atoms with Crippen LogP contribution in [0.5, 0.6) is 0 Å². The summed E-state index contributed by atoms with van der Waals surface area (Å²) in [4.78, 5) is 16.1. The summed E-state index contributed by atoms with van der Waals surface area (Å²) >= 11 is 0. The van der Waals surface area contributed by atoms with Crippen molar-refractivity contribution in [3.63, 3.8) is 0 Å². The van der Waals surface area contributed by atoms with E-state index in [4.69, 9.17) is 4.52 Å². The minimum atomic E-state index is -0.00785. The van der Waals surface area contributed by atoms with Crippen LogP contribution in [0.4, 0.5) is 5.69 Å². The SMILES string of the molecule is Cc1noc(CCCC(=O)Nc2ccc3ccccc3c2)n1. The van der Waals surface area contributed by atoms with Crippen LogP contribution in [0.1, 0.15) is 24.6 Å². The molecule has 0 atom stereocenters. The van der Waals surface area contributed by atoms with Gasteiger partial charge in [0.25, 0.3) is 0 Å². The van der Waals surface area contributed by atoms with Gasteiger partial charge in [0, 0.05) is 18.5 Å². The van der Waals surface area contributed by atoms with Crippen molar-refractivity contribution in [2.24, 2.45) is 0 Å². The summed E-state index contributed by atoms with van der Waals surface area (Å²) in [6, 6.07) is 14.0. The van der Waals surface area contributed by atoms with Crippen LogP contribution < -0.4 is 5.32 Å². The molecule has 1 heterocycles. The van der Waals surface area contributed by atoms with Crippen LogP contribution in [-0.2, 0) is 11.2 Å². The Morgan fingerprint density at radius 3 is 2.77 bits per heavy atom. The Bertz CT molecular complexity index is 795. The summed E-state index contributed by atoms with van der Waals surface area (Å²) < 4.78 is 5.02. The summed E-state index contributed by atoms with van der Waals surface area (Å²) in [7, 11) is 0. The number of nitrogens with one attached hydrogen (secondary N) is 1. The molecule has 1 N–H and O–H groups in total. The first-order valence-electron chi connectivity index (χ1n) is 7.28. The predicted octanol–water partition coefficient (Wildman–Crippen LogP) is 3.49. The lowest BCUT2D eigenvalue weighted by atomic mass is 10.1. The maximum absolute atomic E-state index is 12.0. The fourth-order valence-electron chi connectivity index (χ4n) is 2.33. The minimum Gasteiger partial charge on any atom is -0.339 e. The van der Waals surface area contributed by atoms with Crippen molar-refractivity contribution < 1.29 is 9.32 Å². The number of aromatic nitrogens is 2. The van der Waals surface area contributed by atoms with Gasteiger partial charge in [-0.15, -0.1) is 0 Å². The van der Waals surface area contributed by atoms with Crippen LogP contribution in [0.2, 0.25) is 0 Å². The Morgan fingerprint density at radius 1 is 1.18 bits per heavy atom. The van der Waals surface area contributed by atoms with E-state index in [1.165, 1.54) is 0 Å². The van der Waals surface area contributed by atoms with Gasteiger partial charge in [-0.05, 0) is 36.2 Å². The molecule has 0 fully saturated rings. The molecular weight excluding hydrogens is 278 g/mol. The predicted molar refractivity (Wildman–Crippen MR) is 84.6 cm³/mol. The van der Waals surface area contributed by atoms with Crippen LogP contribution in [0.25, 0.3) is 10.8 Å². The van der Waals surface area contributed by atoms with Crippen molar-refractivity contribution in [3.05, 3.63) is 54.2 Å². The number of amides is 1. The molecular formula is C17H17N3O2. The number of nitrogens with zero attached hydrogens (tertiary/aromatic N) is 2.